The minimum Gasteiger partial charge on any atom is -0.508 e. The molecule has 0 atom stereocenters. The van der Waals surface area contributed by atoms with Crippen LogP contribution in [0.1, 0.15) is 29.3 Å². The molecule has 2 amide bonds. The normalized spacial score (nSPS) is 11.1. The van der Waals surface area contributed by atoms with E-state index in [2.05, 4.69) is 21.2 Å². The molecule has 3 aromatic rings. The summed E-state index contributed by atoms with van der Waals surface area (Å²) < 4.78 is 0.806. The number of phenolic OH excluding ortho intramolecular Hbond substituents is 1. The maximum atomic E-state index is 13.6. The van der Waals surface area contributed by atoms with Crippen LogP contribution in [0.5, 0.6) is 5.75 Å². The topological polar surface area (TPSA) is 69.6 Å². The quantitative estimate of drug-likeness (QED) is 0.448. The van der Waals surface area contributed by atoms with Crippen molar-refractivity contribution in [3.8, 4) is 5.75 Å². The molecule has 3 aromatic carbocycles. The van der Waals surface area contributed by atoms with Gasteiger partial charge in [-0.05, 0) is 60.5 Å². The lowest BCUT2D eigenvalue weighted by molar-refractivity contribution is -0.115. The Hall–Kier alpha value is -3.38. The number of carbonyl (C=O) groups excluding carboxylic acids is 2. The van der Waals surface area contributed by atoms with E-state index in [0.29, 0.717) is 17.8 Å². The first-order valence-electron chi connectivity index (χ1n) is 9.93. The Labute approximate surface area is 190 Å². The van der Waals surface area contributed by atoms with Crippen molar-refractivity contribution in [1.82, 2.24) is 5.32 Å². The van der Waals surface area contributed by atoms with Gasteiger partial charge in [-0.1, -0.05) is 59.3 Å². The predicted octanol–water partition coefficient (Wildman–Crippen LogP) is 5.37. The smallest absolute Gasteiger partial charge is 0.274 e. The molecule has 5 nitrogen and oxygen atoms in total. The molecule has 0 radical (unpaired) electrons. The number of carbonyl (C=O) groups is 2. The van der Waals surface area contributed by atoms with Crippen molar-refractivity contribution in [1.29, 1.82) is 0 Å². The first kappa shape index (κ1) is 22.3. The number of aromatic hydroxyl groups is 1. The van der Waals surface area contributed by atoms with Crippen LogP contribution in [0.15, 0.2) is 89.0 Å². The molecule has 3 rings (SSSR count). The highest BCUT2D eigenvalue weighted by molar-refractivity contribution is 9.10. The third kappa shape index (κ3) is 5.83. The summed E-state index contributed by atoms with van der Waals surface area (Å²) in [6, 6.07) is 22.7. The average molecular weight is 479 g/mol. The fourth-order valence-electron chi connectivity index (χ4n) is 3.03. The lowest BCUT2D eigenvalue weighted by Crippen LogP contribution is -2.39. The Bertz CT molecular complexity index is 1080. The molecule has 0 aliphatic heterocycles. The Kier molecular flexibility index (Phi) is 7.62. The fourth-order valence-corrected chi connectivity index (χ4v) is 3.43. The van der Waals surface area contributed by atoms with E-state index in [1.807, 2.05) is 37.3 Å². The third-order valence-corrected chi connectivity index (χ3v) is 5.30. The molecule has 2 N–H and O–H groups in total. The van der Waals surface area contributed by atoms with E-state index in [4.69, 9.17) is 0 Å². The molecule has 0 fully saturated rings. The van der Waals surface area contributed by atoms with Gasteiger partial charge in [-0.3, -0.25) is 9.59 Å². The molecule has 158 valence electrons. The minimum absolute atomic E-state index is 0.119. The Morgan fingerprint density at radius 1 is 0.968 bits per heavy atom. The van der Waals surface area contributed by atoms with Crippen molar-refractivity contribution in [2.75, 3.05) is 11.4 Å². The molecule has 0 heterocycles. The maximum Gasteiger partial charge on any atom is 0.274 e. The summed E-state index contributed by atoms with van der Waals surface area (Å²) in [5.74, 6) is -0.587. The number of phenols is 1. The summed E-state index contributed by atoms with van der Waals surface area (Å²) in [6.07, 6.45) is 2.39. The summed E-state index contributed by atoms with van der Waals surface area (Å²) in [6.45, 7) is 2.43. The zero-order valence-electron chi connectivity index (χ0n) is 17.1. The van der Waals surface area contributed by atoms with Crippen LogP contribution in [0, 0.1) is 0 Å². The molecule has 0 spiro atoms. The molecular formula is C25H23BrN2O3. The van der Waals surface area contributed by atoms with Gasteiger partial charge >= 0.3 is 0 Å². The standard InChI is InChI=1S/C25H23BrN2O3/c1-2-16-28(20-12-14-21(29)15-13-20)25(31)23(17-19-10-6-7-11-22(19)26)27-24(30)18-8-4-3-5-9-18/h3-15,17,29H,2,16H2,1H3,(H,27,30)/b23-17-. The lowest BCUT2D eigenvalue weighted by atomic mass is 10.1. The summed E-state index contributed by atoms with van der Waals surface area (Å²) in [5, 5.41) is 12.4. The van der Waals surface area contributed by atoms with E-state index in [9.17, 15) is 14.7 Å². The number of benzene rings is 3. The van der Waals surface area contributed by atoms with Crippen molar-refractivity contribution in [3.63, 3.8) is 0 Å². The third-order valence-electron chi connectivity index (χ3n) is 4.57. The highest BCUT2D eigenvalue weighted by Crippen LogP contribution is 2.23. The number of amides is 2. The molecule has 0 unspecified atom stereocenters. The number of hydrogen-bond acceptors (Lipinski definition) is 3. The predicted molar refractivity (Wildman–Crippen MR) is 127 cm³/mol. The molecule has 31 heavy (non-hydrogen) atoms. The van der Waals surface area contributed by atoms with Crippen LogP contribution in [0.2, 0.25) is 0 Å². The number of nitrogens with zero attached hydrogens (tertiary/aromatic N) is 1. The molecule has 0 saturated carbocycles. The van der Waals surface area contributed by atoms with Crippen molar-refractivity contribution >= 4 is 39.5 Å². The van der Waals surface area contributed by atoms with Gasteiger partial charge < -0.3 is 15.3 Å². The maximum absolute atomic E-state index is 13.6. The number of hydrogen-bond donors (Lipinski definition) is 2. The molecule has 0 bridgehead atoms. The SMILES string of the molecule is CCCN(C(=O)/C(=C/c1ccccc1Br)NC(=O)c1ccccc1)c1ccc(O)cc1. The van der Waals surface area contributed by atoms with Crippen LogP contribution >= 0.6 is 15.9 Å². The van der Waals surface area contributed by atoms with E-state index in [1.54, 1.807) is 47.4 Å². The van der Waals surface area contributed by atoms with E-state index < -0.39 is 0 Å². The van der Waals surface area contributed by atoms with Crippen molar-refractivity contribution < 1.29 is 14.7 Å². The van der Waals surface area contributed by atoms with E-state index in [0.717, 1.165) is 16.5 Å². The molecular weight excluding hydrogens is 456 g/mol. The van der Waals surface area contributed by atoms with Crippen LogP contribution in [-0.4, -0.2) is 23.5 Å². The Morgan fingerprint density at radius 2 is 1.61 bits per heavy atom. The highest BCUT2D eigenvalue weighted by atomic mass is 79.9. The molecule has 0 aliphatic carbocycles. The second kappa shape index (κ2) is 10.6. The highest BCUT2D eigenvalue weighted by Gasteiger charge is 2.22. The van der Waals surface area contributed by atoms with Crippen molar-refractivity contribution in [2.24, 2.45) is 0 Å². The van der Waals surface area contributed by atoms with Gasteiger partial charge in [0.25, 0.3) is 11.8 Å². The van der Waals surface area contributed by atoms with Gasteiger partial charge in [0.1, 0.15) is 11.4 Å². The fraction of sp³-hybridized carbons (Fsp3) is 0.120. The van der Waals surface area contributed by atoms with Gasteiger partial charge in [0, 0.05) is 22.3 Å². The monoisotopic (exact) mass is 478 g/mol. The Morgan fingerprint density at radius 3 is 2.26 bits per heavy atom. The summed E-state index contributed by atoms with van der Waals surface area (Å²) in [5.41, 5.74) is 2.01. The Balaban J connectivity index is 2.01. The van der Waals surface area contributed by atoms with Crippen LogP contribution in [-0.2, 0) is 4.79 Å². The van der Waals surface area contributed by atoms with Gasteiger partial charge in [-0.15, -0.1) is 0 Å². The molecule has 6 heteroatoms. The number of anilines is 1. The van der Waals surface area contributed by atoms with Crippen LogP contribution in [0.25, 0.3) is 6.08 Å². The molecule has 0 aromatic heterocycles. The second-order valence-electron chi connectivity index (χ2n) is 6.87. The molecule has 0 saturated heterocycles. The largest absolute Gasteiger partial charge is 0.508 e. The first-order valence-corrected chi connectivity index (χ1v) is 10.7. The average Bonchev–Trinajstić information content (AvgIpc) is 2.79. The summed E-state index contributed by atoms with van der Waals surface area (Å²) >= 11 is 3.50. The van der Waals surface area contributed by atoms with Crippen LogP contribution in [0.4, 0.5) is 5.69 Å². The van der Waals surface area contributed by atoms with Gasteiger partial charge in [0.15, 0.2) is 0 Å². The minimum atomic E-state index is -0.366. The van der Waals surface area contributed by atoms with Gasteiger partial charge in [-0.2, -0.15) is 0 Å². The first-order chi connectivity index (χ1) is 15.0. The van der Waals surface area contributed by atoms with E-state index >= 15 is 0 Å². The summed E-state index contributed by atoms with van der Waals surface area (Å²) in [4.78, 5) is 28.0. The van der Waals surface area contributed by atoms with E-state index in [-0.39, 0.29) is 23.3 Å². The van der Waals surface area contributed by atoms with Crippen molar-refractivity contribution in [3.05, 3.63) is 100 Å². The number of nitrogens with one attached hydrogen (secondary N) is 1. The zero-order chi connectivity index (χ0) is 22.2. The van der Waals surface area contributed by atoms with Crippen LogP contribution in [0.3, 0.4) is 0 Å². The van der Waals surface area contributed by atoms with Gasteiger partial charge in [0.05, 0.1) is 0 Å². The second-order valence-corrected chi connectivity index (χ2v) is 7.73. The molecule has 0 aliphatic rings. The van der Waals surface area contributed by atoms with Crippen LogP contribution < -0.4 is 10.2 Å². The van der Waals surface area contributed by atoms with Gasteiger partial charge in [-0.25, -0.2) is 0 Å². The van der Waals surface area contributed by atoms with Gasteiger partial charge in [0.2, 0.25) is 0 Å². The lowest BCUT2D eigenvalue weighted by Gasteiger charge is -2.24. The zero-order valence-corrected chi connectivity index (χ0v) is 18.7. The summed E-state index contributed by atoms with van der Waals surface area (Å²) in [7, 11) is 0. The van der Waals surface area contributed by atoms with Crippen molar-refractivity contribution in [2.45, 2.75) is 13.3 Å². The number of halogens is 1. The number of rotatable bonds is 7. The van der Waals surface area contributed by atoms with E-state index in [1.165, 1.54) is 12.1 Å².